The van der Waals surface area contributed by atoms with Crippen LogP contribution < -0.4 is 5.56 Å². The number of halogens is 3. The smallest absolute Gasteiger partial charge is 0.266 e. The quantitative estimate of drug-likeness (QED) is 0.249. The lowest BCUT2D eigenvalue weighted by molar-refractivity contribution is 0.0793. The predicted molar refractivity (Wildman–Crippen MR) is 133 cm³/mol. The van der Waals surface area contributed by atoms with E-state index in [0.717, 1.165) is 12.8 Å². The number of aromatic nitrogens is 2. The Balaban J connectivity index is 1.61. The maximum atomic E-state index is 14.0. The number of hydrogen-bond donors (Lipinski definition) is 0. The van der Waals surface area contributed by atoms with Crippen molar-refractivity contribution in [2.45, 2.75) is 23.8 Å². The van der Waals surface area contributed by atoms with E-state index < -0.39 is 11.6 Å². The number of amides is 1. The summed E-state index contributed by atoms with van der Waals surface area (Å²) < 4.78 is 28.8. The highest BCUT2D eigenvalue weighted by Crippen LogP contribution is 2.29. The summed E-state index contributed by atoms with van der Waals surface area (Å²) in [5.41, 5.74) is 1.45. The number of nitrogens with zero attached hydrogens (tertiary/aromatic N) is 3. The molecule has 1 saturated heterocycles. The average Bonchev–Trinajstić information content (AvgIpc) is 3.38. The topological polar surface area (TPSA) is 55.2 Å². The van der Waals surface area contributed by atoms with Crippen molar-refractivity contribution in [1.29, 1.82) is 0 Å². The number of benzene rings is 3. The zero-order valence-electron chi connectivity index (χ0n) is 18.5. The van der Waals surface area contributed by atoms with Crippen LogP contribution in [0.5, 0.6) is 0 Å². The Bertz CT molecular complexity index is 1500. The second-order valence-electron chi connectivity index (χ2n) is 8.27. The molecule has 178 valence electrons. The van der Waals surface area contributed by atoms with E-state index in [-0.39, 0.29) is 16.5 Å². The van der Waals surface area contributed by atoms with Crippen molar-refractivity contribution in [1.82, 2.24) is 14.5 Å². The maximum Gasteiger partial charge on any atom is 0.266 e. The predicted octanol–water partition coefficient (Wildman–Crippen LogP) is 5.85. The van der Waals surface area contributed by atoms with Crippen molar-refractivity contribution in [3.8, 4) is 5.69 Å². The van der Waals surface area contributed by atoms with Gasteiger partial charge in [0.05, 0.1) is 16.6 Å². The number of thioether (sulfide) groups is 1. The molecule has 3 aromatic carbocycles. The van der Waals surface area contributed by atoms with Gasteiger partial charge >= 0.3 is 0 Å². The molecule has 0 N–H and O–H groups in total. The highest BCUT2D eigenvalue weighted by Gasteiger charge is 2.21. The summed E-state index contributed by atoms with van der Waals surface area (Å²) in [6.07, 6.45) is 1.95. The van der Waals surface area contributed by atoms with Gasteiger partial charge in [0, 0.05) is 29.4 Å². The molecule has 1 fully saturated rings. The minimum Gasteiger partial charge on any atom is -0.339 e. The van der Waals surface area contributed by atoms with Crippen LogP contribution in [0, 0.1) is 11.6 Å². The Labute approximate surface area is 209 Å². The van der Waals surface area contributed by atoms with Crippen molar-refractivity contribution >= 4 is 40.2 Å². The van der Waals surface area contributed by atoms with Crippen molar-refractivity contribution < 1.29 is 13.6 Å². The van der Waals surface area contributed by atoms with Gasteiger partial charge in [-0.1, -0.05) is 35.5 Å². The molecule has 35 heavy (non-hydrogen) atoms. The second kappa shape index (κ2) is 9.79. The number of carbonyl (C=O) groups excluding carboxylic acids is 1. The van der Waals surface area contributed by atoms with E-state index in [1.165, 1.54) is 46.7 Å². The Hall–Kier alpha value is -3.23. The van der Waals surface area contributed by atoms with E-state index in [2.05, 4.69) is 4.98 Å². The van der Waals surface area contributed by atoms with Gasteiger partial charge in [0.15, 0.2) is 5.16 Å². The molecule has 9 heteroatoms. The SMILES string of the molecule is O=C(c1ccc2c(=O)n(-c3cccc(F)c3)c(SCc3ccc(F)cc3Cl)nc2c1)N1CCCC1. The normalized spacial score (nSPS) is 13.5. The van der Waals surface area contributed by atoms with E-state index in [0.29, 0.717) is 51.7 Å². The number of fused-ring (bicyclic) bond motifs is 1. The van der Waals surface area contributed by atoms with Gasteiger partial charge in [0.25, 0.3) is 11.5 Å². The Morgan fingerprint density at radius 3 is 2.51 bits per heavy atom. The summed E-state index contributed by atoms with van der Waals surface area (Å²) in [6, 6.07) is 14.7. The van der Waals surface area contributed by atoms with Gasteiger partial charge in [-0.05, 0) is 66.9 Å². The summed E-state index contributed by atoms with van der Waals surface area (Å²) in [6.45, 7) is 1.43. The fourth-order valence-corrected chi connectivity index (χ4v) is 5.45. The first-order chi connectivity index (χ1) is 16.9. The van der Waals surface area contributed by atoms with Crippen molar-refractivity contribution in [2.24, 2.45) is 0 Å². The second-order valence-corrected chi connectivity index (χ2v) is 9.62. The van der Waals surface area contributed by atoms with Gasteiger partial charge in [-0.3, -0.25) is 14.2 Å². The first kappa shape index (κ1) is 23.5. The lowest BCUT2D eigenvalue weighted by Gasteiger charge is -2.16. The van der Waals surface area contributed by atoms with Gasteiger partial charge in [-0.2, -0.15) is 0 Å². The molecule has 0 spiro atoms. The Kier molecular flexibility index (Phi) is 6.58. The average molecular weight is 512 g/mol. The molecule has 0 radical (unpaired) electrons. The van der Waals surface area contributed by atoms with Crippen molar-refractivity contribution in [2.75, 3.05) is 13.1 Å². The third-order valence-corrected chi connectivity index (χ3v) is 7.26. The fourth-order valence-electron chi connectivity index (χ4n) is 4.12. The van der Waals surface area contributed by atoms with E-state index >= 15 is 0 Å². The fraction of sp³-hybridized carbons (Fsp3) is 0.192. The van der Waals surface area contributed by atoms with Crippen LogP contribution in [0.4, 0.5) is 8.78 Å². The summed E-state index contributed by atoms with van der Waals surface area (Å²) >= 11 is 7.40. The van der Waals surface area contributed by atoms with Gasteiger partial charge < -0.3 is 4.90 Å². The third kappa shape index (κ3) is 4.81. The van der Waals surface area contributed by atoms with Gasteiger partial charge in [0.1, 0.15) is 11.6 Å². The highest BCUT2D eigenvalue weighted by atomic mass is 35.5. The zero-order valence-corrected chi connectivity index (χ0v) is 20.1. The lowest BCUT2D eigenvalue weighted by atomic mass is 10.1. The lowest BCUT2D eigenvalue weighted by Crippen LogP contribution is -2.28. The molecule has 0 saturated carbocycles. The summed E-state index contributed by atoms with van der Waals surface area (Å²) in [5.74, 6) is -0.718. The van der Waals surface area contributed by atoms with Crippen LogP contribution in [-0.4, -0.2) is 33.4 Å². The maximum absolute atomic E-state index is 14.0. The standard InChI is InChI=1S/C26H20ClF2N3O2S/c27-22-14-19(29)8-6-17(22)15-35-26-30-23-12-16(24(33)31-10-1-2-11-31)7-9-21(23)25(34)32(26)20-5-3-4-18(28)13-20/h3-9,12-14H,1-2,10-11,15H2. The molecule has 5 nitrogen and oxygen atoms in total. The molecule has 2 heterocycles. The zero-order chi connectivity index (χ0) is 24.5. The molecule has 1 aliphatic rings. The first-order valence-corrected chi connectivity index (χ1v) is 12.5. The molecule has 4 aromatic rings. The molecule has 0 bridgehead atoms. The molecule has 0 unspecified atom stereocenters. The largest absolute Gasteiger partial charge is 0.339 e. The molecular weight excluding hydrogens is 492 g/mol. The van der Waals surface area contributed by atoms with E-state index in [1.807, 2.05) is 0 Å². The number of carbonyl (C=O) groups is 1. The van der Waals surface area contributed by atoms with Gasteiger partial charge in [-0.15, -0.1) is 0 Å². The molecule has 0 aliphatic carbocycles. The minimum absolute atomic E-state index is 0.0900. The minimum atomic E-state index is -0.487. The Morgan fingerprint density at radius 1 is 1.00 bits per heavy atom. The third-order valence-electron chi connectivity index (χ3n) is 5.92. The monoisotopic (exact) mass is 511 g/mol. The highest BCUT2D eigenvalue weighted by molar-refractivity contribution is 7.98. The molecular formula is C26H20ClF2N3O2S. The van der Waals surface area contributed by atoms with Crippen molar-refractivity contribution in [3.05, 3.63) is 98.8 Å². The van der Waals surface area contributed by atoms with Crippen LogP contribution >= 0.6 is 23.4 Å². The number of likely N-dealkylation sites (tertiary alicyclic amines) is 1. The molecule has 1 amide bonds. The van der Waals surface area contributed by atoms with Crippen LogP contribution in [0.3, 0.4) is 0 Å². The van der Waals surface area contributed by atoms with Gasteiger partial charge in [-0.25, -0.2) is 13.8 Å². The van der Waals surface area contributed by atoms with Gasteiger partial charge in [0.2, 0.25) is 0 Å². The van der Waals surface area contributed by atoms with E-state index in [1.54, 1.807) is 35.2 Å². The first-order valence-electron chi connectivity index (χ1n) is 11.1. The summed E-state index contributed by atoms with van der Waals surface area (Å²) in [4.78, 5) is 32.9. The summed E-state index contributed by atoms with van der Waals surface area (Å²) in [5, 5.41) is 0.882. The van der Waals surface area contributed by atoms with E-state index in [9.17, 15) is 18.4 Å². The molecule has 1 aliphatic heterocycles. The van der Waals surface area contributed by atoms with E-state index in [4.69, 9.17) is 11.6 Å². The van der Waals surface area contributed by atoms with Crippen LogP contribution in [-0.2, 0) is 5.75 Å². The van der Waals surface area contributed by atoms with Crippen LogP contribution in [0.1, 0.15) is 28.8 Å². The Morgan fingerprint density at radius 2 is 1.77 bits per heavy atom. The molecule has 1 aromatic heterocycles. The molecule has 0 atom stereocenters. The summed E-state index contributed by atoms with van der Waals surface area (Å²) in [7, 11) is 0. The van der Waals surface area contributed by atoms with Crippen LogP contribution in [0.25, 0.3) is 16.6 Å². The van der Waals surface area contributed by atoms with Crippen LogP contribution in [0.2, 0.25) is 5.02 Å². The van der Waals surface area contributed by atoms with Crippen LogP contribution in [0.15, 0.2) is 70.6 Å². The number of rotatable bonds is 5. The molecule has 5 rings (SSSR count). The van der Waals surface area contributed by atoms with Crippen molar-refractivity contribution in [3.63, 3.8) is 0 Å². The number of hydrogen-bond acceptors (Lipinski definition) is 4.